The van der Waals surface area contributed by atoms with Crippen molar-refractivity contribution in [3.05, 3.63) is 0 Å². The molecule has 96 valence electrons. The third-order valence-electron chi connectivity index (χ3n) is 2.95. The molecule has 0 aromatic carbocycles. The van der Waals surface area contributed by atoms with Crippen molar-refractivity contribution >= 4 is 11.8 Å². The van der Waals surface area contributed by atoms with Gasteiger partial charge in [0.15, 0.2) is 0 Å². The van der Waals surface area contributed by atoms with Crippen LogP contribution in [0, 0.1) is 0 Å². The fourth-order valence-corrected chi connectivity index (χ4v) is 2.68. The van der Waals surface area contributed by atoms with Crippen LogP contribution >= 0.6 is 11.8 Å². The molecule has 0 saturated carbocycles. The van der Waals surface area contributed by atoms with E-state index in [0.29, 0.717) is 12.7 Å². The van der Waals surface area contributed by atoms with E-state index in [-0.39, 0.29) is 6.61 Å². The van der Waals surface area contributed by atoms with Crippen LogP contribution in [0.1, 0.15) is 26.2 Å². The summed E-state index contributed by atoms with van der Waals surface area (Å²) >= 11 is 2.03. The van der Waals surface area contributed by atoms with E-state index in [9.17, 15) is 0 Å². The number of hydrogen-bond donors (Lipinski definition) is 1. The molecular weight excluding hydrogens is 222 g/mol. The van der Waals surface area contributed by atoms with Crippen LogP contribution in [0.2, 0.25) is 0 Å². The first-order valence-corrected chi connectivity index (χ1v) is 7.54. The average Bonchev–Trinajstić information content (AvgIpc) is 2.33. The third kappa shape index (κ3) is 6.09. The van der Waals surface area contributed by atoms with Crippen molar-refractivity contribution in [1.29, 1.82) is 0 Å². The standard InChI is InChI=1S/C12H25NO2S/c1-2-16-11-3-6-13-7-4-12(5-8-13)15-10-9-14/h12,14H,2-11H2,1H3. The zero-order chi connectivity index (χ0) is 11.6. The molecule has 0 aliphatic carbocycles. The first-order chi connectivity index (χ1) is 7.86. The molecule has 0 unspecified atom stereocenters. The molecule has 0 spiro atoms. The van der Waals surface area contributed by atoms with E-state index in [4.69, 9.17) is 9.84 Å². The Hall–Kier alpha value is 0.230. The normalized spacial score (nSPS) is 19.1. The topological polar surface area (TPSA) is 32.7 Å². The lowest BCUT2D eigenvalue weighted by Gasteiger charge is -2.31. The number of rotatable bonds is 8. The summed E-state index contributed by atoms with van der Waals surface area (Å²) in [5.74, 6) is 2.52. The first kappa shape index (κ1) is 14.3. The number of aliphatic hydroxyl groups excluding tert-OH is 1. The molecule has 1 heterocycles. The van der Waals surface area contributed by atoms with E-state index in [0.717, 1.165) is 25.9 Å². The van der Waals surface area contributed by atoms with Crippen molar-refractivity contribution in [2.75, 3.05) is 44.4 Å². The number of nitrogens with zero attached hydrogens (tertiary/aromatic N) is 1. The lowest BCUT2D eigenvalue weighted by Crippen LogP contribution is -2.38. The molecule has 1 saturated heterocycles. The van der Waals surface area contributed by atoms with E-state index in [1.54, 1.807) is 0 Å². The molecule has 16 heavy (non-hydrogen) atoms. The Labute approximate surface area is 104 Å². The van der Waals surface area contributed by atoms with Crippen molar-refractivity contribution in [3.63, 3.8) is 0 Å². The summed E-state index contributed by atoms with van der Waals surface area (Å²) in [4.78, 5) is 2.54. The number of aliphatic hydroxyl groups is 1. The van der Waals surface area contributed by atoms with Crippen LogP contribution in [0.5, 0.6) is 0 Å². The first-order valence-electron chi connectivity index (χ1n) is 6.39. The molecule has 1 N–H and O–H groups in total. The van der Waals surface area contributed by atoms with Gasteiger partial charge in [0, 0.05) is 13.1 Å². The van der Waals surface area contributed by atoms with Crippen molar-refractivity contribution in [1.82, 2.24) is 4.90 Å². The van der Waals surface area contributed by atoms with Gasteiger partial charge in [0.1, 0.15) is 0 Å². The van der Waals surface area contributed by atoms with Crippen molar-refractivity contribution in [2.45, 2.75) is 32.3 Å². The molecule has 0 radical (unpaired) electrons. The van der Waals surface area contributed by atoms with E-state index in [1.165, 1.54) is 24.5 Å². The third-order valence-corrected chi connectivity index (χ3v) is 3.93. The second-order valence-corrected chi connectivity index (χ2v) is 5.58. The monoisotopic (exact) mass is 247 g/mol. The Balaban J connectivity index is 1.98. The highest BCUT2D eigenvalue weighted by molar-refractivity contribution is 7.99. The lowest BCUT2D eigenvalue weighted by atomic mass is 10.1. The minimum absolute atomic E-state index is 0.147. The minimum Gasteiger partial charge on any atom is -0.394 e. The predicted octanol–water partition coefficient (Wildman–Crippen LogP) is 1.60. The number of ether oxygens (including phenoxy) is 1. The average molecular weight is 247 g/mol. The fourth-order valence-electron chi connectivity index (χ4n) is 2.05. The van der Waals surface area contributed by atoms with E-state index < -0.39 is 0 Å². The maximum atomic E-state index is 8.68. The van der Waals surface area contributed by atoms with Crippen LogP contribution in [0.3, 0.4) is 0 Å². The van der Waals surface area contributed by atoms with Crippen LogP contribution in [-0.4, -0.2) is 60.5 Å². The van der Waals surface area contributed by atoms with Gasteiger partial charge in [-0.15, -0.1) is 0 Å². The van der Waals surface area contributed by atoms with Gasteiger partial charge < -0.3 is 14.7 Å². The van der Waals surface area contributed by atoms with E-state index in [2.05, 4.69) is 11.8 Å². The van der Waals surface area contributed by atoms with Crippen LogP contribution in [0.25, 0.3) is 0 Å². The zero-order valence-corrected chi connectivity index (χ0v) is 11.2. The van der Waals surface area contributed by atoms with Gasteiger partial charge in [-0.25, -0.2) is 0 Å². The van der Waals surface area contributed by atoms with Crippen molar-refractivity contribution in [3.8, 4) is 0 Å². The summed E-state index contributed by atoms with van der Waals surface area (Å²) in [7, 11) is 0. The van der Waals surface area contributed by atoms with Gasteiger partial charge in [-0.3, -0.25) is 0 Å². The molecule has 0 bridgehead atoms. The van der Waals surface area contributed by atoms with Gasteiger partial charge in [-0.2, -0.15) is 11.8 Å². The molecule has 4 heteroatoms. The Bertz CT molecular complexity index is 161. The van der Waals surface area contributed by atoms with Crippen LogP contribution in [0.4, 0.5) is 0 Å². The highest BCUT2D eigenvalue weighted by Crippen LogP contribution is 2.14. The van der Waals surface area contributed by atoms with E-state index >= 15 is 0 Å². The molecule has 1 fully saturated rings. The summed E-state index contributed by atoms with van der Waals surface area (Å²) in [6.45, 7) is 6.42. The largest absolute Gasteiger partial charge is 0.394 e. The summed E-state index contributed by atoms with van der Waals surface area (Å²) in [6.07, 6.45) is 3.94. The molecule has 1 rings (SSSR count). The second-order valence-electron chi connectivity index (χ2n) is 4.19. The molecule has 0 amide bonds. The highest BCUT2D eigenvalue weighted by Gasteiger charge is 2.18. The molecule has 0 aromatic rings. The van der Waals surface area contributed by atoms with Crippen LogP contribution in [0.15, 0.2) is 0 Å². The highest BCUT2D eigenvalue weighted by atomic mass is 32.2. The fraction of sp³-hybridized carbons (Fsp3) is 1.00. The van der Waals surface area contributed by atoms with E-state index in [1.807, 2.05) is 11.8 Å². The SMILES string of the molecule is CCSCCCN1CCC(OCCO)CC1. The zero-order valence-electron chi connectivity index (χ0n) is 10.4. The van der Waals surface area contributed by atoms with Gasteiger partial charge >= 0.3 is 0 Å². The Kier molecular flexibility index (Phi) is 8.29. The van der Waals surface area contributed by atoms with Crippen LogP contribution in [-0.2, 0) is 4.74 Å². The van der Waals surface area contributed by atoms with Crippen LogP contribution < -0.4 is 0 Å². The summed E-state index contributed by atoms with van der Waals surface area (Å²) in [5, 5.41) is 8.68. The number of likely N-dealkylation sites (tertiary alicyclic amines) is 1. The van der Waals surface area contributed by atoms with Gasteiger partial charge in [-0.1, -0.05) is 6.92 Å². The predicted molar refractivity (Wildman–Crippen MR) is 70.1 cm³/mol. The summed E-state index contributed by atoms with van der Waals surface area (Å²) < 4.78 is 5.54. The number of hydrogen-bond acceptors (Lipinski definition) is 4. The second kappa shape index (κ2) is 9.28. The molecule has 1 aliphatic rings. The summed E-state index contributed by atoms with van der Waals surface area (Å²) in [6, 6.07) is 0. The Morgan fingerprint density at radius 1 is 1.38 bits per heavy atom. The van der Waals surface area contributed by atoms with Gasteiger partial charge in [0.2, 0.25) is 0 Å². The van der Waals surface area contributed by atoms with Gasteiger partial charge in [0.05, 0.1) is 19.3 Å². The van der Waals surface area contributed by atoms with Gasteiger partial charge in [-0.05, 0) is 37.3 Å². The van der Waals surface area contributed by atoms with Crippen molar-refractivity contribution < 1.29 is 9.84 Å². The lowest BCUT2D eigenvalue weighted by molar-refractivity contribution is -0.00758. The van der Waals surface area contributed by atoms with Crippen molar-refractivity contribution in [2.24, 2.45) is 0 Å². The number of piperidine rings is 1. The molecule has 0 atom stereocenters. The number of thioether (sulfide) groups is 1. The molecule has 3 nitrogen and oxygen atoms in total. The molecule has 0 aromatic heterocycles. The maximum Gasteiger partial charge on any atom is 0.0701 e. The molecule has 1 aliphatic heterocycles. The Morgan fingerprint density at radius 2 is 2.12 bits per heavy atom. The maximum absolute atomic E-state index is 8.68. The summed E-state index contributed by atoms with van der Waals surface area (Å²) in [5.41, 5.74) is 0. The molecular formula is C12H25NO2S. The smallest absolute Gasteiger partial charge is 0.0701 e. The minimum atomic E-state index is 0.147. The quantitative estimate of drug-likeness (QED) is 0.661. The Morgan fingerprint density at radius 3 is 2.75 bits per heavy atom. The van der Waals surface area contributed by atoms with Gasteiger partial charge in [0.25, 0.3) is 0 Å².